The van der Waals surface area contributed by atoms with E-state index in [-0.39, 0.29) is 82.6 Å². The van der Waals surface area contributed by atoms with E-state index in [0.29, 0.717) is 58.0 Å². The molecule has 12 amide bonds. The van der Waals surface area contributed by atoms with Gasteiger partial charge in [-0.05, 0) is 119 Å². The number of nitrogens with zero attached hydrogens (tertiary/aromatic N) is 9. The van der Waals surface area contributed by atoms with Gasteiger partial charge in [-0.2, -0.15) is 13.2 Å². The van der Waals surface area contributed by atoms with Gasteiger partial charge in [0.25, 0.3) is 0 Å². The van der Waals surface area contributed by atoms with Crippen LogP contribution in [0.5, 0.6) is 0 Å². The van der Waals surface area contributed by atoms with E-state index < -0.39 is 186 Å². The second-order valence-corrected chi connectivity index (χ2v) is 32.0. The number of amides is 12. The zero-order valence-corrected chi connectivity index (χ0v) is 63.1. The maximum Gasteiger partial charge on any atom is 0.393 e. The highest BCUT2D eigenvalue weighted by molar-refractivity contribution is 6.21. The minimum Gasteiger partial charge on any atom is -0.391 e. The molecular formula is C73H118ClF3N12O13. The molecule has 102 heavy (non-hydrogen) atoms. The average Bonchev–Trinajstić information content (AvgIpc) is 1.45. The number of rotatable bonds is 11. The van der Waals surface area contributed by atoms with Crippen molar-refractivity contribution in [2.75, 3.05) is 88.6 Å². The lowest BCUT2D eigenvalue weighted by Gasteiger charge is -2.43. The van der Waals surface area contributed by atoms with E-state index in [0.717, 1.165) is 77.4 Å². The van der Waals surface area contributed by atoms with Crippen LogP contribution < -0.4 is 16.0 Å². The molecular weight excluding hydrogens is 1350 g/mol. The van der Waals surface area contributed by atoms with Crippen LogP contribution in [0, 0.1) is 35.5 Å². The summed E-state index contributed by atoms with van der Waals surface area (Å²) in [7, 11) is 9.97. The highest BCUT2D eigenvalue weighted by Gasteiger charge is 2.53. The smallest absolute Gasteiger partial charge is 0.391 e. The lowest BCUT2D eigenvalue weighted by Crippen LogP contribution is -2.65. The molecule has 25 nitrogen and oxygen atoms in total. The molecule has 0 bridgehead atoms. The molecule has 3 unspecified atom stereocenters. The van der Waals surface area contributed by atoms with E-state index in [1.54, 1.807) is 11.8 Å². The highest BCUT2D eigenvalue weighted by atomic mass is 35.5. The Morgan fingerprint density at radius 2 is 1.20 bits per heavy atom. The predicted octanol–water partition coefficient (Wildman–Crippen LogP) is 5.46. The Bertz CT molecular complexity index is 2960. The number of nitrogens with one attached hydrogen (secondary N) is 3. The lowest BCUT2D eigenvalue weighted by atomic mass is 9.78. The van der Waals surface area contributed by atoms with Crippen LogP contribution in [0.2, 0.25) is 0 Å². The number of fused-ring (bicyclic) bond motifs is 1. The van der Waals surface area contributed by atoms with Crippen molar-refractivity contribution < 1.29 is 75.8 Å². The number of likely N-dealkylation sites (tertiary alicyclic amines) is 1. The average molecular weight is 1460 g/mol. The SMILES string of the molecule is CC[C@H](C)[C@@H]1NC(=O)[C@H](CC(C)C)N(C)C(=O)C[C@@H](C(=O)N2CCCCC2)N(C)C(=O)[C@H](C2CCCCC2)N(C)C(=O)C2(CCCC2)NC(=O)[C@@H]2C[C@H](O)CN2C(=O)[C@H](CCC2CCC(C(F)(F)F)C(Cl)C2)NC(=O)CN(C)C(=O)[C@H](CC2CCCCC2)N(C)C(=O)CN(C)C(=O)CN(C)C1=O. The zero-order chi connectivity index (χ0) is 75.2. The Hall–Kier alpha value is -6.32. The molecule has 4 aliphatic carbocycles. The normalized spacial score (nSPS) is 30.5. The number of carbonyl (C=O) groups excluding carboxylic acids is 12. The number of likely N-dealkylation sites (N-methyl/N-ethyl adjacent to an activating group) is 7. The van der Waals surface area contributed by atoms with E-state index in [9.17, 15) is 47.0 Å². The molecule has 0 aromatic carbocycles. The van der Waals surface area contributed by atoms with Crippen molar-refractivity contribution in [2.45, 2.75) is 267 Å². The molecule has 3 aliphatic heterocycles. The van der Waals surface area contributed by atoms with Gasteiger partial charge in [0, 0.05) is 80.8 Å². The summed E-state index contributed by atoms with van der Waals surface area (Å²) in [5, 5.41) is 18.9. The van der Waals surface area contributed by atoms with E-state index >= 15 is 28.8 Å². The van der Waals surface area contributed by atoms with Gasteiger partial charge in [-0.15, -0.1) is 11.6 Å². The van der Waals surface area contributed by atoms with Gasteiger partial charge in [0.05, 0.1) is 38.1 Å². The number of halogens is 4. The van der Waals surface area contributed by atoms with E-state index in [1.807, 2.05) is 20.8 Å². The van der Waals surface area contributed by atoms with Gasteiger partial charge >= 0.3 is 6.18 Å². The van der Waals surface area contributed by atoms with Crippen LogP contribution in [0.3, 0.4) is 0 Å². The zero-order valence-electron chi connectivity index (χ0n) is 62.4. The first-order valence-corrected chi connectivity index (χ1v) is 38.2. The fraction of sp³-hybridized carbons (Fsp3) is 0.836. The van der Waals surface area contributed by atoms with Gasteiger partial charge in [0.1, 0.15) is 47.8 Å². The maximum absolute atomic E-state index is 15.8. The van der Waals surface area contributed by atoms with Crippen molar-refractivity contribution in [1.29, 1.82) is 0 Å². The van der Waals surface area contributed by atoms with Crippen molar-refractivity contribution >= 4 is 82.5 Å². The van der Waals surface area contributed by atoms with Gasteiger partial charge in [-0.1, -0.05) is 98.3 Å². The molecule has 0 aromatic rings. The van der Waals surface area contributed by atoms with Crippen LogP contribution in [0.4, 0.5) is 13.2 Å². The number of alkyl halides is 4. The van der Waals surface area contributed by atoms with Gasteiger partial charge in [-0.25, -0.2) is 0 Å². The molecule has 4 saturated carbocycles. The van der Waals surface area contributed by atoms with Crippen molar-refractivity contribution in [2.24, 2.45) is 35.5 Å². The van der Waals surface area contributed by atoms with Crippen LogP contribution in [0.1, 0.15) is 201 Å². The summed E-state index contributed by atoms with van der Waals surface area (Å²) in [4.78, 5) is 191. The Balaban J connectivity index is 1.29. The van der Waals surface area contributed by atoms with Crippen LogP contribution in [-0.4, -0.2) is 274 Å². The first-order valence-electron chi connectivity index (χ1n) is 37.8. The molecule has 3 heterocycles. The van der Waals surface area contributed by atoms with Crippen molar-refractivity contribution in [3.05, 3.63) is 0 Å². The van der Waals surface area contributed by atoms with Gasteiger partial charge < -0.3 is 65.2 Å². The van der Waals surface area contributed by atoms with E-state index in [4.69, 9.17) is 11.6 Å². The maximum atomic E-state index is 15.8. The van der Waals surface area contributed by atoms with Gasteiger partial charge in [0.15, 0.2) is 0 Å². The summed E-state index contributed by atoms with van der Waals surface area (Å²) in [5.41, 5.74) is -1.64. The fourth-order valence-electron chi connectivity index (χ4n) is 16.8. The number of hydrogen-bond donors (Lipinski definition) is 4. The molecule has 0 aromatic heterocycles. The standard InChI is InChI=1S/C73H118ClF3N12O13/c1-12-46(4)62-69(100)83(7)43-60(93)81(5)44-61(94)85(9)56(38-47-24-16-13-17-25-47)67(98)82(6)42-58(91)78-53(31-29-48-28-30-51(52(74)37-48)73(75,76)77)66(97)89-41-50(90)39-55(89)65(96)80-72(32-20-21-33-72)71(102)87(11)63(49-26-18-14-19-27-49)70(101)86(10)57(68(99)88-34-22-15-23-35-88)40-59(92)84(8)54(36-45(2)3)64(95)79-62/h45-57,62-63,90H,12-44H2,1-11H3,(H,78,91)(H,79,95)(H,80,96)/t46-,48?,50-,51?,52?,53-,54-,55-,56-,57-,62-,63-/m0/s1. The van der Waals surface area contributed by atoms with Crippen LogP contribution >= 0.6 is 11.6 Å². The summed E-state index contributed by atoms with van der Waals surface area (Å²) in [6.07, 6.45) is 5.03. The third-order valence-electron chi connectivity index (χ3n) is 23.5. The first-order chi connectivity index (χ1) is 48.1. The van der Waals surface area contributed by atoms with Gasteiger partial charge in [-0.3, -0.25) is 57.5 Å². The molecule has 7 rings (SSSR count). The third kappa shape index (κ3) is 21.0. The van der Waals surface area contributed by atoms with Crippen LogP contribution in [-0.2, 0) is 57.5 Å². The largest absolute Gasteiger partial charge is 0.393 e. The summed E-state index contributed by atoms with van der Waals surface area (Å²) in [6, 6.07) is -9.04. The van der Waals surface area contributed by atoms with Crippen molar-refractivity contribution in [3.63, 3.8) is 0 Å². The summed E-state index contributed by atoms with van der Waals surface area (Å²) < 4.78 is 42.1. The number of aliphatic hydroxyl groups is 1. The van der Waals surface area contributed by atoms with Crippen molar-refractivity contribution in [3.8, 4) is 0 Å². The Kier molecular flexibility index (Phi) is 30.2. The molecule has 3 saturated heterocycles. The quantitative estimate of drug-likeness (QED) is 0.187. The number of aliphatic hydroxyl groups excluding tert-OH is 1. The predicted molar refractivity (Wildman–Crippen MR) is 376 cm³/mol. The minimum atomic E-state index is -4.53. The van der Waals surface area contributed by atoms with E-state index in [1.165, 1.54) is 68.9 Å². The molecule has 12 atom stereocenters. The lowest BCUT2D eigenvalue weighted by molar-refractivity contribution is -0.182. The highest BCUT2D eigenvalue weighted by Crippen LogP contribution is 2.44. The molecule has 576 valence electrons. The van der Waals surface area contributed by atoms with Crippen LogP contribution in [0.15, 0.2) is 0 Å². The summed E-state index contributed by atoms with van der Waals surface area (Å²) in [5.74, 6) is -11.3. The first kappa shape index (κ1) is 83.0. The fourth-order valence-corrected chi connectivity index (χ4v) is 17.3. The second kappa shape index (κ2) is 37.1. The van der Waals surface area contributed by atoms with Crippen molar-refractivity contribution in [1.82, 2.24) is 60.0 Å². The Morgan fingerprint density at radius 3 is 1.79 bits per heavy atom. The topological polar surface area (TPSA) is 290 Å². The Labute approximate surface area is 606 Å². The van der Waals surface area contributed by atoms with Gasteiger partial charge in [0.2, 0.25) is 70.9 Å². The summed E-state index contributed by atoms with van der Waals surface area (Å²) in [6.45, 7) is 5.98. The number of piperidine rings is 1. The molecule has 29 heteroatoms. The third-order valence-corrected chi connectivity index (χ3v) is 24.0. The van der Waals surface area contributed by atoms with E-state index in [2.05, 4.69) is 16.0 Å². The molecule has 7 aliphatic rings. The second-order valence-electron chi connectivity index (χ2n) is 31.4. The summed E-state index contributed by atoms with van der Waals surface area (Å²) >= 11 is 6.40. The Morgan fingerprint density at radius 1 is 0.608 bits per heavy atom. The molecule has 0 radical (unpaired) electrons. The molecule has 1 spiro atoms. The van der Waals surface area contributed by atoms with Crippen LogP contribution in [0.25, 0.3) is 0 Å². The minimum absolute atomic E-state index is 0.0110. The number of carbonyl (C=O) groups is 12. The monoisotopic (exact) mass is 1460 g/mol. The number of hydrogen-bond acceptors (Lipinski definition) is 13. The molecule has 4 N–H and O–H groups in total. The molecule has 7 fully saturated rings.